The quantitative estimate of drug-likeness (QED) is 0.719. The molecule has 1 aromatic heterocycles. The maximum atomic E-state index is 12.2. The van der Waals surface area contributed by atoms with E-state index in [2.05, 4.69) is 16.0 Å². The Morgan fingerprint density at radius 3 is 2.71 bits per heavy atom. The molecule has 0 bridgehead atoms. The first-order valence-corrected chi connectivity index (χ1v) is 8.40. The van der Waals surface area contributed by atoms with E-state index in [-0.39, 0.29) is 11.8 Å². The Morgan fingerprint density at radius 2 is 2.08 bits per heavy atom. The van der Waals surface area contributed by atoms with Gasteiger partial charge >= 0.3 is 0 Å². The fourth-order valence-corrected chi connectivity index (χ4v) is 2.79. The molecule has 1 heterocycles. The number of amides is 2. The molecule has 6 nitrogen and oxygen atoms in total. The predicted molar refractivity (Wildman–Crippen MR) is 96.5 cm³/mol. The van der Waals surface area contributed by atoms with Gasteiger partial charge in [0, 0.05) is 17.5 Å². The van der Waals surface area contributed by atoms with E-state index < -0.39 is 6.04 Å². The maximum absolute atomic E-state index is 12.2. The van der Waals surface area contributed by atoms with Crippen molar-refractivity contribution < 1.29 is 14.3 Å². The van der Waals surface area contributed by atoms with E-state index in [0.29, 0.717) is 23.7 Å². The van der Waals surface area contributed by atoms with Crippen molar-refractivity contribution in [2.24, 2.45) is 0 Å². The lowest BCUT2D eigenvalue weighted by Crippen LogP contribution is -2.37. The summed E-state index contributed by atoms with van der Waals surface area (Å²) in [6.07, 6.45) is 0. The van der Waals surface area contributed by atoms with Crippen LogP contribution in [0.3, 0.4) is 0 Å². The summed E-state index contributed by atoms with van der Waals surface area (Å²) in [4.78, 5) is 24.5. The van der Waals surface area contributed by atoms with Crippen LogP contribution in [0, 0.1) is 0 Å². The average Bonchev–Trinajstić information content (AvgIpc) is 3.05. The number of anilines is 2. The normalized spacial score (nSPS) is 11.5. The van der Waals surface area contributed by atoms with Crippen LogP contribution in [-0.4, -0.2) is 25.0 Å². The maximum Gasteiger partial charge on any atom is 0.242 e. The van der Waals surface area contributed by atoms with Gasteiger partial charge in [0.15, 0.2) is 0 Å². The minimum Gasteiger partial charge on any atom is -0.495 e. The van der Waals surface area contributed by atoms with E-state index in [9.17, 15) is 9.59 Å². The van der Waals surface area contributed by atoms with Crippen LogP contribution in [0.25, 0.3) is 0 Å². The van der Waals surface area contributed by atoms with Gasteiger partial charge in [-0.05, 0) is 36.6 Å². The highest BCUT2D eigenvalue weighted by atomic mass is 32.1. The molecule has 1 atom stereocenters. The number of nitrogens with one attached hydrogen (secondary N) is 3. The fraction of sp³-hybridized carbons (Fsp3) is 0.294. The molecule has 2 amide bonds. The van der Waals surface area contributed by atoms with Crippen molar-refractivity contribution in [1.82, 2.24) is 5.32 Å². The van der Waals surface area contributed by atoms with Crippen molar-refractivity contribution in [2.75, 3.05) is 17.7 Å². The Balaban J connectivity index is 2.01. The van der Waals surface area contributed by atoms with Gasteiger partial charge in [-0.25, -0.2) is 0 Å². The highest BCUT2D eigenvalue weighted by Gasteiger charge is 2.15. The second-order valence-corrected chi connectivity index (χ2v) is 6.29. The highest BCUT2D eigenvalue weighted by Crippen LogP contribution is 2.28. The largest absolute Gasteiger partial charge is 0.495 e. The highest BCUT2D eigenvalue weighted by molar-refractivity contribution is 7.09. The molecule has 0 aliphatic rings. The summed E-state index contributed by atoms with van der Waals surface area (Å²) in [5, 5.41) is 10.7. The number of methoxy groups -OCH3 is 1. The first-order valence-electron chi connectivity index (χ1n) is 7.52. The van der Waals surface area contributed by atoms with Crippen LogP contribution >= 0.6 is 11.3 Å². The molecule has 0 radical (unpaired) electrons. The molecule has 0 saturated carbocycles. The molecule has 24 heavy (non-hydrogen) atoms. The average molecular weight is 347 g/mol. The van der Waals surface area contributed by atoms with Gasteiger partial charge in [-0.15, -0.1) is 11.3 Å². The zero-order chi connectivity index (χ0) is 17.5. The molecule has 0 fully saturated rings. The van der Waals surface area contributed by atoms with Gasteiger partial charge in [0.25, 0.3) is 0 Å². The minimum absolute atomic E-state index is 0.115. The molecule has 128 valence electrons. The first kappa shape index (κ1) is 17.8. The summed E-state index contributed by atoms with van der Waals surface area (Å²) in [5.74, 6) is 0.324. The summed E-state index contributed by atoms with van der Waals surface area (Å²) < 4.78 is 5.30. The monoisotopic (exact) mass is 347 g/mol. The summed E-state index contributed by atoms with van der Waals surface area (Å²) in [6.45, 7) is 3.72. The van der Waals surface area contributed by atoms with E-state index in [1.54, 1.807) is 43.6 Å². The summed E-state index contributed by atoms with van der Waals surface area (Å²) in [7, 11) is 1.56. The van der Waals surface area contributed by atoms with Crippen molar-refractivity contribution in [3.05, 3.63) is 40.6 Å². The molecule has 2 aromatic rings. The van der Waals surface area contributed by atoms with Gasteiger partial charge in [0.2, 0.25) is 11.8 Å². The van der Waals surface area contributed by atoms with E-state index in [1.807, 2.05) is 17.5 Å². The molecule has 0 saturated heterocycles. The molecule has 0 spiro atoms. The summed E-state index contributed by atoms with van der Waals surface area (Å²) in [6, 6.07) is 8.70. The van der Waals surface area contributed by atoms with Crippen molar-refractivity contribution >= 4 is 34.5 Å². The third kappa shape index (κ3) is 4.99. The topological polar surface area (TPSA) is 79.5 Å². The number of hydrogen-bond acceptors (Lipinski definition) is 5. The molecule has 7 heteroatoms. The molecule has 3 N–H and O–H groups in total. The van der Waals surface area contributed by atoms with Crippen LogP contribution in [0.2, 0.25) is 0 Å². The first-order chi connectivity index (χ1) is 11.5. The molecule has 2 rings (SSSR count). The summed E-state index contributed by atoms with van der Waals surface area (Å²) in [5.41, 5.74) is 1.28. The van der Waals surface area contributed by atoms with Gasteiger partial charge in [-0.2, -0.15) is 0 Å². The third-order valence-electron chi connectivity index (χ3n) is 3.30. The fourth-order valence-electron chi connectivity index (χ4n) is 2.14. The zero-order valence-corrected chi connectivity index (χ0v) is 14.7. The number of benzene rings is 1. The van der Waals surface area contributed by atoms with Crippen LogP contribution in [0.5, 0.6) is 5.75 Å². The molecule has 1 aromatic carbocycles. The van der Waals surface area contributed by atoms with Crippen molar-refractivity contribution in [3.8, 4) is 5.75 Å². The van der Waals surface area contributed by atoms with Gasteiger partial charge < -0.3 is 20.7 Å². The number of hydrogen-bond donors (Lipinski definition) is 3. The number of carbonyl (C=O) groups excluding carboxylic acids is 2. The number of ether oxygens (including phenoxy) is 1. The Hall–Kier alpha value is -2.54. The predicted octanol–water partition coefficient (Wildman–Crippen LogP) is 2.83. The third-order valence-corrected chi connectivity index (χ3v) is 4.18. The Morgan fingerprint density at radius 1 is 1.29 bits per heavy atom. The smallest absolute Gasteiger partial charge is 0.242 e. The summed E-state index contributed by atoms with van der Waals surface area (Å²) >= 11 is 1.60. The van der Waals surface area contributed by atoms with Crippen LogP contribution in [0.1, 0.15) is 18.7 Å². The van der Waals surface area contributed by atoms with Crippen LogP contribution in [-0.2, 0) is 16.1 Å². The lowest BCUT2D eigenvalue weighted by atomic mass is 10.2. The van der Waals surface area contributed by atoms with Crippen LogP contribution in [0.4, 0.5) is 11.4 Å². The van der Waals surface area contributed by atoms with Crippen molar-refractivity contribution in [3.63, 3.8) is 0 Å². The molecular weight excluding hydrogens is 326 g/mol. The van der Waals surface area contributed by atoms with E-state index in [1.165, 1.54) is 6.92 Å². The molecular formula is C17H21N3O3S. The Labute approximate surface area is 145 Å². The van der Waals surface area contributed by atoms with Gasteiger partial charge in [-0.1, -0.05) is 6.07 Å². The van der Waals surface area contributed by atoms with Gasteiger partial charge in [0.1, 0.15) is 11.8 Å². The Kier molecular flexibility index (Phi) is 6.20. The van der Waals surface area contributed by atoms with E-state index in [4.69, 9.17) is 4.74 Å². The lowest BCUT2D eigenvalue weighted by molar-refractivity contribution is -0.121. The van der Waals surface area contributed by atoms with Gasteiger partial charge in [0.05, 0.1) is 19.3 Å². The van der Waals surface area contributed by atoms with Gasteiger partial charge in [-0.3, -0.25) is 9.59 Å². The number of rotatable bonds is 7. The molecule has 0 aliphatic carbocycles. The second-order valence-electron chi connectivity index (χ2n) is 5.26. The minimum atomic E-state index is -0.452. The second kappa shape index (κ2) is 8.35. The van der Waals surface area contributed by atoms with E-state index >= 15 is 0 Å². The van der Waals surface area contributed by atoms with Crippen molar-refractivity contribution in [2.45, 2.75) is 26.4 Å². The number of carbonyl (C=O) groups is 2. The van der Waals surface area contributed by atoms with Crippen molar-refractivity contribution in [1.29, 1.82) is 0 Å². The molecule has 1 unspecified atom stereocenters. The Bertz CT molecular complexity index is 701. The van der Waals surface area contributed by atoms with Crippen LogP contribution in [0.15, 0.2) is 35.7 Å². The number of thiophene rings is 1. The standard InChI is InChI=1S/C17H21N3O3S/c1-11(17(22)18-10-14-5-4-8-24-14)19-15-9-13(20-12(2)21)6-7-16(15)23-3/h4-9,11,19H,10H2,1-3H3,(H,18,22)(H,20,21). The molecule has 0 aliphatic heterocycles. The van der Waals surface area contributed by atoms with Crippen LogP contribution < -0.4 is 20.7 Å². The SMILES string of the molecule is COc1ccc(NC(C)=O)cc1NC(C)C(=O)NCc1cccs1. The lowest BCUT2D eigenvalue weighted by Gasteiger charge is -2.18. The zero-order valence-electron chi connectivity index (χ0n) is 13.9. The van der Waals surface area contributed by atoms with E-state index in [0.717, 1.165) is 4.88 Å².